The molecule has 0 saturated heterocycles. The lowest BCUT2D eigenvalue weighted by Crippen LogP contribution is -1.63. The lowest BCUT2D eigenvalue weighted by Gasteiger charge is -1.82. The fourth-order valence-corrected chi connectivity index (χ4v) is 1.84. The largest absolute Gasteiger partial charge is 0.140 e. The number of hydrogen-bond donors (Lipinski definition) is 0. The average Bonchev–Trinajstić information content (AvgIpc) is 2.13. The van der Waals surface area contributed by atoms with Crippen LogP contribution in [0.5, 0.6) is 0 Å². The van der Waals surface area contributed by atoms with Gasteiger partial charge >= 0.3 is 0 Å². The zero-order valence-electron chi connectivity index (χ0n) is 6.27. The van der Waals surface area contributed by atoms with Gasteiger partial charge in [-0.25, -0.2) is 0 Å². The van der Waals surface area contributed by atoms with Crippen molar-refractivity contribution >= 4 is 17.4 Å². The van der Waals surface area contributed by atoms with E-state index in [2.05, 4.69) is 32.2 Å². The van der Waals surface area contributed by atoms with Gasteiger partial charge in [-0.05, 0) is 31.6 Å². The summed E-state index contributed by atoms with van der Waals surface area (Å²) in [5.74, 6) is 0. The Kier molecular flexibility index (Phi) is 2.10. The predicted molar refractivity (Wildman–Crippen MR) is 47.4 cm³/mol. The first kappa shape index (κ1) is 7.33. The summed E-state index contributed by atoms with van der Waals surface area (Å²) in [5, 5.41) is 0. The smallest absolute Gasteiger partial charge is 0.0379 e. The Bertz CT molecular complexity index is 275. The third-order valence-electron chi connectivity index (χ3n) is 1.31. The van der Waals surface area contributed by atoms with Crippen LogP contribution in [0, 0.1) is 13.8 Å². The van der Waals surface area contributed by atoms with E-state index in [0.29, 0.717) is 0 Å². The van der Waals surface area contributed by atoms with Crippen LogP contribution in [0.25, 0.3) is 6.08 Å². The van der Waals surface area contributed by atoms with Crippen molar-refractivity contribution in [2.45, 2.75) is 13.8 Å². The fourth-order valence-electron chi connectivity index (χ4n) is 0.895. The van der Waals surface area contributed by atoms with Gasteiger partial charge in [-0.2, -0.15) is 0 Å². The molecule has 1 aromatic heterocycles. The number of rotatable bonds is 1. The molecule has 1 aromatic rings. The molecule has 0 fully saturated rings. The second kappa shape index (κ2) is 2.87. The van der Waals surface area contributed by atoms with Crippen LogP contribution >= 0.6 is 11.3 Å². The van der Waals surface area contributed by atoms with Crippen molar-refractivity contribution in [1.82, 2.24) is 0 Å². The molecule has 1 heteroatoms. The Morgan fingerprint density at radius 2 is 2.30 bits per heavy atom. The van der Waals surface area contributed by atoms with E-state index in [1.165, 1.54) is 15.3 Å². The molecule has 0 nitrogen and oxygen atoms in total. The fraction of sp³-hybridized carbons (Fsp3) is 0.222. The summed E-state index contributed by atoms with van der Waals surface area (Å²) >= 11 is 1.78. The van der Waals surface area contributed by atoms with Crippen LogP contribution < -0.4 is 0 Å². The Morgan fingerprint density at radius 3 is 2.70 bits per heavy atom. The monoisotopic (exact) mass is 150 g/mol. The second-order valence-electron chi connectivity index (χ2n) is 2.25. The van der Waals surface area contributed by atoms with E-state index in [9.17, 15) is 0 Å². The van der Waals surface area contributed by atoms with E-state index in [-0.39, 0.29) is 0 Å². The molecular formula is C9H10S. The molecule has 0 amide bonds. The van der Waals surface area contributed by atoms with Gasteiger partial charge in [0, 0.05) is 9.75 Å². The Balaban J connectivity index is 3.14. The van der Waals surface area contributed by atoms with Crippen molar-refractivity contribution in [3.05, 3.63) is 33.7 Å². The van der Waals surface area contributed by atoms with E-state index in [1.807, 2.05) is 6.08 Å². The van der Waals surface area contributed by atoms with Crippen LogP contribution in [-0.2, 0) is 0 Å². The van der Waals surface area contributed by atoms with Gasteiger partial charge in [0.25, 0.3) is 0 Å². The highest BCUT2D eigenvalue weighted by Crippen LogP contribution is 2.21. The van der Waals surface area contributed by atoms with Crippen LogP contribution in [0.15, 0.2) is 18.4 Å². The summed E-state index contributed by atoms with van der Waals surface area (Å²) in [6.45, 7) is 7.75. The molecule has 0 spiro atoms. The Hall–Kier alpha value is -0.780. The van der Waals surface area contributed by atoms with Gasteiger partial charge in [-0.1, -0.05) is 6.58 Å². The van der Waals surface area contributed by atoms with Gasteiger partial charge in [-0.15, -0.1) is 17.1 Å². The maximum absolute atomic E-state index is 3.53. The Labute approximate surface area is 65.5 Å². The van der Waals surface area contributed by atoms with Crippen LogP contribution in [0.3, 0.4) is 0 Å². The maximum atomic E-state index is 3.53. The number of aryl methyl sites for hydroxylation is 2. The van der Waals surface area contributed by atoms with Gasteiger partial charge in [0.05, 0.1) is 0 Å². The van der Waals surface area contributed by atoms with Crippen LogP contribution in [-0.4, -0.2) is 0 Å². The number of thiophene rings is 1. The van der Waals surface area contributed by atoms with E-state index in [1.54, 1.807) is 11.3 Å². The zero-order chi connectivity index (χ0) is 7.56. The molecule has 0 bridgehead atoms. The summed E-state index contributed by atoms with van der Waals surface area (Å²) < 4.78 is 0. The van der Waals surface area contributed by atoms with Crippen molar-refractivity contribution in [3.8, 4) is 0 Å². The van der Waals surface area contributed by atoms with Crippen molar-refractivity contribution in [1.29, 1.82) is 0 Å². The van der Waals surface area contributed by atoms with Gasteiger partial charge in [-0.3, -0.25) is 0 Å². The molecule has 0 atom stereocenters. The van der Waals surface area contributed by atoms with Crippen molar-refractivity contribution < 1.29 is 0 Å². The molecule has 0 aliphatic rings. The first-order valence-corrected chi connectivity index (χ1v) is 3.98. The lowest BCUT2D eigenvalue weighted by molar-refractivity contribution is 1.50. The minimum absolute atomic E-state index is 1.27. The quantitative estimate of drug-likeness (QED) is 0.539. The topological polar surface area (TPSA) is 0 Å². The third-order valence-corrected chi connectivity index (χ3v) is 2.41. The van der Waals surface area contributed by atoms with Gasteiger partial charge < -0.3 is 0 Å². The van der Waals surface area contributed by atoms with E-state index < -0.39 is 0 Å². The summed E-state index contributed by atoms with van der Waals surface area (Å²) in [6, 6.07) is 2.17. The third kappa shape index (κ3) is 1.38. The normalized spacial score (nSPS) is 9.00. The van der Waals surface area contributed by atoms with Crippen LogP contribution in [0.4, 0.5) is 0 Å². The molecule has 1 heterocycles. The van der Waals surface area contributed by atoms with E-state index >= 15 is 0 Å². The van der Waals surface area contributed by atoms with Crippen molar-refractivity contribution in [2.75, 3.05) is 0 Å². The Morgan fingerprint density at radius 1 is 1.60 bits per heavy atom. The van der Waals surface area contributed by atoms with Gasteiger partial charge in [0.15, 0.2) is 0 Å². The maximum Gasteiger partial charge on any atom is 0.0379 e. The average molecular weight is 150 g/mol. The highest BCUT2D eigenvalue weighted by molar-refractivity contribution is 7.13. The molecule has 0 radical (unpaired) electrons. The molecule has 1 rings (SSSR count). The van der Waals surface area contributed by atoms with Gasteiger partial charge in [0.2, 0.25) is 0 Å². The molecule has 10 heavy (non-hydrogen) atoms. The second-order valence-corrected chi connectivity index (χ2v) is 3.54. The molecule has 0 unspecified atom stereocenters. The summed E-state index contributed by atoms with van der Waals surface area (Å²) in [4.78, 5) is 2.62. The predicted octanol–water partition coefficient (Wildman–Crippen LogP) is 3.16. The molecule has 0 N–H and O–H groups in total. The SMILES string of the molecule is C=C=Cc1sc(C)cc1C. The van der Waals surface area contributed by atoms with Crippen molar-refractivity contribution in [2.24, 2.45) is 0 Å². The minimum atomic E-state index is 1.27. The molecule has 0 aliphatic carbocycles. The van der Waals surface area contributed by atoms with Crippen LogP contribution in [0.1, 0.15) is 15.3 Å². The zero-order valence-corrected chi connectivity index (χ0v) is 7.09. The van der Waals surface area contributed by atoms with Crippen molar-refractivity contribution in [3.63, 3.8) is 0 Å². The lowest BCUT2D eigenvalue weighted by atomic mass is 10.3. The molecule has 52 valence electrons. The van der Waals surface area contributed by atoms with E-state index in [4.69, 9.17) is 0 Å². The molecule has 0 aromatic carbocycles. The first-order chi connectivity index (χ1) is 4.74. The standard InChI is InChI=1S/C9H10S/c1-4-5-9-7(2)6-8(3)10-9/h5-6H,1H2,2-3H3. The first-order valence-electron chi connectivity index (χ1n) is 3.17. The highest BCUT2D eigenvalue weighted by atomic mass is 32.1. The molecule has 0 saturated carbocycles. The summed E-state index contributed by atoms with van der Waals surface area (Å²) in [5.41, 5.74) is 4.09. The summed E-state index contributed by atoms with van der Waals surface area (Å²) in [6.07, 6.45) is 1.92. The number of hydrogen-bond acceptors (Lipinski definition) is 1. The van der Waals surface area contributed by atoms with Gasteiger partial charge in [0.1, 0.15) is 0 Å². The minimum Gasteiger partial charge on any atom is -0.140 e. The van der Waals surface area contributed by atoms with E-state index in [0.717, 1.165) is 0 Å². The molecule has 0 aliphatic heterocycles. The molecular weight excluding hydrogens is 140 g/mol. The summed E-state index contributed by atoms with van der Waals surface area (Å²) in [7, 11) is 0. The highest BCUT2D eigenvalue weighted by Gasteiger charge is 1.96. The van der Waals surface area contributed by atoms with Crippen LogP contribution in [0.2, 0.25) is 0 Å².